The molecule has 1 fully saturated rings. The summed E-state index contributed by atoms with van der Waals surface area (Å²) in [7, 11) is -1.99. The summed E-state index contributed by atoms with van der Waals surface area (Å²) in [5, 5.41) is 17.9. The number of pyridine rings is 1. The average Bonchev–Trinajstić information content (AvgIpc) is 3.33. The van der Waals surface area contributed by atoms with E-state index in [1.165, 1.54) is 23.6 Å². The zero-order valence-electron chi connectivity index (χ0n) is 22.1. The molecule has 2 aromatic heterocycles. The topological polar surface area (TPSA) is 159 Å². The third-order valence-electron chi connectivity index (χ3n) is 6.96. The first-order chi connectivity index (χ1) is 18.3. The molecule has 0 amide bonds. The SMILES string of the molecule is CN1Cc2cc(Nc3nn([C@]4(CC#N)CC[C@@H](C(=O)OC(C)(C)C)OC4)c4cc[nH]c(=O)c34)ccc2S1(=O)=O. The molecule has 2 aliphatic rings. The molecule has 2 N–H and O–H groups in total. The van der Waals surface area contributed by atoms with Gasteiger partial charge in [0.2, 0.25) is 10.0 Å². The second-order valence-corrected chi connectivity index (χ2v) is 13.0. The quantitative estimate of drug-likeness (QED) is 0.452. The van der Waals surface area contributed by atoms with Gasteiger partial charge in [-0.3, -0.25) is 9.48 Å². The molecule has 2 aliphatic heterocycles. The summed E-state index contributed by atoms with van der Waals surface area (Å²) in [6.07, 6.45) is 1.50. The number of esters is 1. The molecular formula is C26H30N6O6S. The molecule has 5 rings (SSSR count). The maximum Gasteiger partial charge on any atom is 0.335 e. The molecule has 1 aromatic carbocycles. The van der Waals surface area contributed by atoms with E-state index in [0.717, 1.165) is 0 Å². The number of aromatic nitrogens is 3. The van der Waals surface area contributed by atoms with E-state index in [4.69, 9.17) is 14.6 Å². The molecule has 206 valence electrons. The highest BCUT2D eigenvalue weighted by atomic mass is 32.2. The van der Waals surface area contributed by atoms with E-state index in [1.54, 1.807) is 43.7 Å². The molecule has 12 nitrogen and oxygen atoms in total. The number of sulfonamides is 1. The van der Waals surface area contributed by atoms with Crippen molar-refractivity contribution in [1.82, 2.24) is 19.1 Å². The van der Waals surface area contributed by atoms with Gasteiger partial charge in [-0.2, -0.15) is 14.7 Å². The molecule has 0 unspecified atom stereocenters. The van der Waals surface area contributed by atoms with E-state index in [9.17, 15) is 23.3 Å². The van der Waals surface area contributed by atoms with E-state index in [-0.39, 0.29) is 41.2 Å². The summed E-state index contributed by atoms with van der Waals surface area (Å²) in [5.74, 6) is -0.200. The van der Waals surface area contributed by atoms with Gasteiger partial charge in [0.1, 0.15) is 11.0 Å². The monoisotopic (exact) mass is 554 g/mol. The van der Waals surface area contributed by atoms with Crippen LogP contribution in [0.15, 0.2) is 40.2 Å². The Morgan fingerprint density at radius 2 is 2.13 bits per heavy atom. The number of anilines is 2. The number of aromatic amines is 1. The van der Waals surface area contributed by atoms with Crippen molar-refractivity contribution >= 4 is 38.4 Å². The zero-order valence-corrected chi connectivity index (χ0v) is 23.0. The summed E-state index contributed by atoms with van der Waals surface area (Å²) < 4.78 is 39.2. The highest BCUT2D eigenvalue weighted by molar-refractivity contribution is 7.89. The van der Waals surface area contributed by atoms with Gasteiger partial charge < -0.3 is 19.8 Å². The van der Waals surface area contributed by atoms with Gasteiger partial charge in [-0.25, -0.2) is 13.2 Å². The molecule has 3 aromatic rings. The Balaban J connectivity index is 1.50. The maximum atomic E-state index is 12.9. The van der Waals surface area contributed by atoms with Crippen molar-refractivity contribution in [2.75, 3.05) is 19.0 Å². The van der Waals surface area contributed by atoms with Crippen molar-refractivity contribution in [3.8, 4) is 6.07 Å². The highest BCUT2D eigenvalue weighted by Crippen LogP contribution is 2.38. The molecule has 0 radical (unpaired) electrons. The number of carbonyl (C=O) groups excluding carboxylic acids is 1. The summed E-state index contributed by atoms with van der Waals surface area (Å²) >= 11 is 0. The van der Waals surface area contributed by atoms with Crippen molar-refractivity contribution in [2.24, 2.45) is 0 Å². The Bertz CT molecular complexity index is 1650. The smallest absolute Gasteiger partial charge is 0.335 e. The van der Waals surface area contributed by atoms with Crippen molar-refractivity contribution in [1.29, 1.82) is 5.26 Å². The van der Waals surface area contributed by atoms with Gasteiger partial charge in [-0.15, -0.1) is 0 Å². The number of ether oxygens (including phenoxy) is 2. The minimum Gasteiger partial charge on any atom is -0.458 e. The second-order valence-electron chi connectivity index (χ2n) is 11.0. The minimum atomic E-state index is -3.51. The van der Waals surface area contributed by atoms with E-state index < -0.39 is 33.2 Å². The zero-order chi connectivity index (χ0) is 28.2. The fraction of sp³-hybridized carbons (Fsp3) is 0.462. The first-order valence-electron chi connectivity index (χ1n) is 12.5. The largest absolute Gasteiger partial charge is 0.458 e. The third-order valence-corrected chi connectivity index (χ3v) is 8.86. The molecule has 0 spiro atoms. The normalized spacial score (nSPS) is 22.8. The standard InChI is InChI=1S/C26H30N6O6S/c1-25(2,3)38-24(34)19-7-9-26(10-11-27,15-37-19)32-18-8-12-28-23(33)21(18)22(30-32)29-17-5-6-20-16(13-17)14-31(4)39(20,35)36/h5-6,8,12-13,19H,7,9-10,14-15H2,1-4H3,(H,28,33)(H,29,30)/t19-,26-/m0/s1. The number of nitrogens with zero attached hydrogens (tertiary/aromatic N) is 4. The highest BCUT2D eigenvalue weighted by Gasteiger charge is 2.43. The fourth-order valence-electron chi connectivity index (χ4n) is 5.08. The number of H-pyrrole nitrogens is 1. The lowest BCUT2D eigenvalue weighted by Crippen LogP contribution is -2.47. The van der Waals surface area contributed by atoms with Crippen molar-refractivity contribution in [2.45, 2.75) is 68.7 Å². The van der Waals surface area contributed by atoms with Crippen molar-refractivity contribution in [3.05, 3.63) is 46.4 Å². The molecular weight excluding hydrogens is 524 g/mol. The second kappa shape index (κ2) is 9.48. The Hall–Kier alpha value is -3.73. The molecule has 0 aliphatic carbocycles. The van der Waals surface area contributed by atoms with Gasteiger partial charge >= 0.3 is 5.97 Å². The van der Waals surface area contributed by atoms with E-state index in [0.29, 0.717) is 29.6 Å². The van der Waals surface area contributed by atoms with Gasteiger partial charge in [-0.1, -0.05) is 0 Å². The number of hydrogen-bond donors (Lipinski definition) is 2. The maximum absolute atomic E-state index is 12.9. The molecule has 2 atom stereocenters. The lowest BCUT2D eigenvalue weighted by Gasteiger charge is -2.39. The number of hydrogen-bond acceptors (Lipinski definition) is 9. The van der Waals surface area contributed by atoms with Gasteiger partial charge in [0.05, 0.1) is 35.0 Å². The number of nitrogens with one attached hydrogen (secondary N) is 2. The number of rotatable bonds is 5. The van der Waals surface area contributed by atoms with E-state index in [2.05, 4.69) is 16.4 Å². The van der Waals surface area contributed by atoms with Crippen molar-refractivity contribution < 1.29 is 22.7 Å². The van der Waals surface area contributed by atoms with Crippen LogP contribution in [0.5, 0.6) is 0 Å². The fourth-order valence-corrected chi connectivity index (χ4v) is 6.42. The predicted octanol–water partition coefficient (Wildman–Crippen LogP) is 2.73. The van der Waals surface area contributed by atoms with Crippen LogP contribution in [0.2, 0.25) is 0 Å². The van der Waals surface area contributed by atoms with Crippen LogP contribution in [0.25, 0.3) is 10.9 Å². The van der Waals surface area contributed by atoms with Crippen LogP contribution in [0.4, 0.5) is 11.5 Å². The Labute approximate surface area is 225 Å². The summed E-state index contributed by atoms with van der Waals surface area (Å²) in [4.78, 5) is 28.5. The van der Waals surface area contributed by atoms with Gasteiger partial charge in [0.25, 0.3) is 5.56 Å². The van der Waals surface area contributed by atoms with Crippen LogP contribution in [-0.4, -0.2) is 58.8 Å². The van der Waals surface area contributed by atoms with Crippen LogP contribution >= 0.6 is 0 Å². The van der Waals surface area contributed by atoms with Gasteiger partial charge in [0.15, 0.2) is 11.9 Å². The average molecular weight is 555 g/mol. The van der Waals surface area contributed by atoms with Crippen LogP contribution in [0.3, 0.4) is 0 Å². The Kier molecular flexibility index (Phi) is 6.53. The lowest BCUT2D eigenvalue weighted by molar-refractivity contribution is -0.176. The number of benzene rings is 1. The molecule has 4 heterocycles. The number of nitriles is 1. The summed E-state index contributed by atoms with van der Waals surface area (Å²) in [6, 6.07) is 8.79. The summed E-state index contributed by atoms with van der Waals surface area (Å²) in [6.45, 7) is 5.62. The lowest BCUT2D eigenvalue weighted by atomic mass is 9.87. The van der Waals surface area contributed by atoms with Gasteiger partial charge in [-0.05, 0) is 63.4 Å². The number of carbonyl (C=O) groups is 1. The van der Waals surface area contributed by atoms with Crippen LogP contribution in [0.1, 0.15) is 45.6 Å². The van der Waals surface area contributed by atoms with Crippen LogP contribution in [0, 0.1) is 11.3 Å². The summed E-state index contributed by atoms with van der Waals surface area (Å²) in [5.41, 5.74) is -0.255. The van der Waals surface area contributed by atoms with E-state index >= 15 is 0 Å². The number of fused-ring (bicyclic) bond motifs is 2. The van der Waals surface area contributed by atoms with Gasteiger partial charge in [0, 0.05) is 25.5 Å². The molecule has 0 saturated carbocycles. The predicted molar refractivity (Wildman–Crippen MR) is 142 cm³/mol. The van der Waals surface area contributed by atoms with E-state index in [1.807, 2.05) is 0 Å². The molecule has 0 bridgehead atoms. The molecule has 1 saturated heterocycles. The van der Waals surface area contributed by atoms with Crippen molar-refractivity contribution in [3.63, 3.8) is 0 Å². The van der Waals surface area contributed by atoms with Crippen LogP contribution < -0.4 is 10.9 Å². The molecule has 13 heteroatoms. The first kappa shape index (κ1) is 26.9. The molecule has 39 heavy (non-hydrogen) atoms. The Morgan fingerprint density at radius 3 is 2.79 bits per heavy atom. The third kappa shape index (κ3) is 4.80. The Morgan fingerprint density at radius 1 is 1.36 bits per heavy atom. The minimum absolute atomic E-state index is 0.0243. The van der Waals surface area contributed by atoms with Crippen LogP contribution in [-0.2, 0) is 36.4 Å². The first-order valence-corrected chi connectivity index (χ1v) is 14.0.